The molecule has 5 rings (SSSR count). The molecule has 0 spiro atoms. The van der Waals surface area contributed by atoms with Crippen LogP contribution < -0.4 is 10.2 Å². The Morgan fingerprint density at radius 1 is 1.06 bits per heavy atom. The molecule has 2 aromatic carbocycles. The molecule has 1 atom stereocenters. The number of amides is 1. The predicted molar refractivity (Wildman–Crippen MR) is 115 cm³/mol. The van der Waals surface area contributed by atoms with Crippen molar-refractivity contribution in [3.05, 3.63) is 99.3 Å². The van der Waals surface area contributed by atoms with Gasteiger partial charge in [-0.25, -0.2) is 0 Å². The van der Waals surface area contributed by atoms with Crippen molar-refractivity contribution in [2.24, 2.45) is 0 Å². The van der Waals surface area contributed by atoms with Crippen LogP contribution in [0.4, 0.5) is 0 Å². The molecule has 0 unspecified atom stereocenters. The highest BCUT2D eigenvalue weighted by molar-refractivity contribution is 5.99. The van der Waals surface area contributed by atoms with Crippen LogP contribution in [0.3, 0.4) is 0 Å². The summed E-state index contributed by atoms with van der Waals surface area (Å²) in [4.78, 5) is 28.6. The molecule has 1 aliphatic rings. The zero-order valence-corrected chi connectivity index (χ0v) is 17.3. The topological polar surface area (TPSA) is 72.9 Å². The van der Waals surface area contributed by atoms with Gasteiger partial charge in [0.05, 0.1) is 36.4 Å². The molecule has 156 valence electrons. The fourth-order valence-corrected chi connectivity index (χ4v) is 4.16. The Balaban J connectivity index is 1.73. The number of aryl methyl sites for hydroxylation is 1. The number of benzene rings is 2. The third-order valence-corrected chi connectivity index (χ3v) is 5.51. The van der Waals surface area contributed by atoms with E-state index in [1.807, 2.05) is 44.2 Å². The number of carbonyl (C=O) groups is 1. The molecule has 0 radical (unpaired) electrons. The van der Waals surface area contributed by atoms with Crippen LogP contribution in [0.2, 0.25) is 0 Å². The van der Waals surface area contributed by atoms with Gasteiger partial charge in [-0.15, -0.1) is 0 Å². The first kappa shape index (κ1) is 19.2. The summed E-state index contributed by atoms with van der Waals surface area (Å²) in [5, 5.41) is 0.470. The molecular weight excluding hydrogens is 394 g/mol. The minimum atomic E-state index is -0.603. The summed E-state index contributed by atoms with van der Waals surface area (Å²) in [6, 6.07) is 15.8. The van der Waals surface area contributed by atoms with Crippen molar-refractivity contribution in [2.45, 2.75) is 26.4 Å². The molecule has 0 aliphatic carbocycles. The highest BCUT2D eigenvalue weighted by Gasteiger charge is 2.43. The quantitative estimate of drug-likeness (QED) is 0.466. The van der Waals surface area contributed by atoms with Crippen LogP contribution in [0, 0.1) is 6.92 Å². The van der Waals surface area contributed by atoms with Crippen molar-refractivity contribution in [2.75, 3.05) is 6.61 Å². The second-order valence-electron chi connectivity index (χ2n) is 7.59. The summed E-state index contributed by atoms with van der Waals surface area (Å²) in [5.74, 6) is 1.05. The third kappa shape index (κ3) is 3.20. The van der Waals surface area contributed by atoms with Crippen molar-refractivity contribution >= 4 is 16.9 Å². The van der Waals surface area contributed by atoms with E-state index in [1.165, 1.54) is 0 Å². The van der Waals surface area contributed by atoms with E-state index in [1.54, 1.807) is 35.4 Å². The minimum Gasteiger partial charge on any atom is -0.494 e. The first-order valence-electron chi connectivity index (χ1n) is 10.2. The Morgan fingerprint density at radius 2 is 1.94 bits per heavy atom. The normalized spacial score (nSPS) is 15.5. The van der Waals surface area contributed by atoms with Crippen LogP contribution in [0.25, 0.3) is 11.0 Å². The molecule has 31 heavy (non-hydrogen) atoms. The average molecular weight is 415 g/mol. The van der Waals surface area contributed by atoms with Crippen LogP contribution in [0.1, 0.15) is 46.0 Å². The average Bonchev–Trinajstić information content (AvgIpc) is 3.37. The lowest BCUT2D eigenvalue weighted by atomic mass is 9.98. The van der Waals surface area contributed by atoms with Crippen molar-refractivity contribution in [1.82, 2.24) is 4.90 Å². The van der Waals surface area contributed by atoms with E-state index in [9.17, 15) is 9.59 Å². The molecule has 1 amide bonds. The SMILES string of the molecule is CCOc1cccc([C@@H]2c3c(oc4ccc(C)cc4c3=O)C(=O)N2Cc2ccco2)c1. The third-order valence-electron chi connectivity index (χ3n) is 5.51. The van der Waals surface area contributed by atoms with Crippen LogP contribution in [0.5, 0.6) is 5.75 Å². The molecule has 1 aliphatic heterocycles. The number of nitrogens with zero attached hydrogens (tertiary/aromatic N) is 1. The molecule has 0 fully saturated rings. The Labute approximate surface area is 178 Å². The summed E-state index contributed by atoms with van der Waals surface area (Å²) in [6.07, 6.45) is 1.56. The second kappa shape index (κ2) is 7.47. The second-order valence-corrected chi connectivity index (χ2v) is 7.59. The van der Waals surface area contributed by atoms with Gasteiger partial charge in [0.1, 0.15) is 17.1 Å². The highest BCUT2D eigenvalue weighted by Crippen LogP contribution is 2.40. The zero-order chi connectivity index (χ0) is 21.5. The van der Waals surface area contributed by atoms with Gasteiger partial charge in [-0.2, -0.15) is 0 Å². The molecule has 2 aromatic heterocycles. The summed E-state index contributed by atoms with van der Waals surface area (Å²) in [5.41, 5.74) is 2.30. The van der Waals surface area contributed by atoms with Gasteiger partial charge in [0.2, 0.25) is 5.76 Å². The number of hydrogen-bond acceptors (Lipinski definition) is 5. The fourth-order valence-electron chi connectivity index (χ4n) is 4.16. The number of ether oxygens (including phenoxy) is 1. The van der Waals surface area contributed by atoms with Crippen LogP contribution >= 0.6 is 0 Å². The van der Waals surface area contributed by atoms with E-state index >= 15 is 0 Å². The van der Waals surface area contributed by atoms with Crippen molar-refractivity contribution in [3.63, 3.8) is 0 Å². The highest BCUT2D eigenvalue weighted by atomic mass is 16.5. The summed E-state index contributed by atoms with van der Waals surface area (Å²) >= 11 is 0. The van der Waals surface area contributed by atoms with E-state index in [4.69, 9.17) is 13.6 Å². The Morgan fingerprint density at radius 3 is 2.71 bits per heavy atom. The maximum Gasteiger partial charge on any atom is 0.291 e. The van der Waals surface area contributed by atoms with Crippen LogP contribution in [0.15, 0.2) is 74.5 Å². The van der Waals surface area contributed by atoms with Gasteiger partial charge in [0.25, 0.3) is 5.91 Å². The van der Waals surface area contributed by atoms with Gasteiger partial charge in [-0.3, -0.25) is 9.59 Å². The molecule has 0 N–H and O–H groups in total. The van der Waals surface area contributed by atoms with Crippen molar-refractivity contribution in [3.8, 4) is 5.75 Å². The van der Waals surface area contributed by atoms with E-state index < -0.39 is 6.04 Å². The molecule has 4 aromatic rings. The Bertz CT molecular complexity index is 1340. The molecular formula is C25H21NO5. The molecule has 0 bridgehead atoms. The molecule has 6 nitrogen and oxygen atoms in total. The minimum absolute atomic E-state index is 0.0831. The van der Waals surface area contributed by atoms with Gasteiger partial charge >= 0.3 is 0 Å². The molecule has 0 saturated carbocycles. The van der Waals surface area contributed by atoms with E-state index in [-0.39, 0.29) is 23.6 Å². The van der Waals surface area contributed by atoms with Crippen molar-refractivity contribution < 1.29 is 18.4 Å². The van der Waals surface area contributed by atoms with Crippen LogP contribution in [-0.2, 0) is 6.54 Å². The molecule has 6 heteroatoms. The van der Waals surface area contributed by atoms with Gasteiger partial charge in [-0.05, 0) is 55.8 Å². The van der Waals surface area contributed by atoms with E-state index in [0.717, 1.165) is 11.1 Å². The molecule has 3 heterocycles. The van der Waals surface area contributed by atoms with Gasteiger partial charge in [0.15, 0.2) is 5.43 Å². The Hall–Kier alpha value is -3.80. The number of hydrogen-bond donors (Lipinski definition) is 0. The predicted octanol–water partition coefficient (Wildman–Crippen LogP) is 4.84. The molecule has 0 saturated heterocycles. The van der Waals surface area contributed by atoms with Gasteiger partial charge in [0, 0.05) is 0 Å². The number of carbonyl (C=O) groups excluding carboxylic acids is 1. The summed E-state index contributed by atoms with van der Waals surface area (Å²) in [6.45, 7) is 4.57. The summed E-state index contributed by atoms with van der Waals surface area (Å²) in [7, 11) is 0. The lowest BCUT2D eigenvalue weighted by Crippen LogP contribution is -2.29. The standard InChI is InChI=1S/C25H21NO5/c1-3-29-17-7-4-6-16(13-17)22-21-23(27)19-12-15(2)9-10-20(19)31-24(21)25(28)26(22)14-18-8-5-11-30-18/h4-13,22H,3,14H2,1-2H3/t22-/m1/s1. The summed E-state index contributed by atoms with van der Waals surface area (Å²) < 4.78 is 17.1. The lowest BCUT2D eigenvalue weighted by Gasteiger charge is -2.24. The van der Waals surface area contributed by atoms with Gasteiger partial charge in [-0.1, -0.05) is 23.8 Å². The number of fused-ring (bicyclic) bond motifs is 2. The maximum absolute atomic E-state index is 13.6. The Kier molecular flexibility index (Phi) is 4.62. The maximum atomic E-state index is 13.6. The van der Waals surface area contributed by atoms with E-state index in [2.05, 4.69) is 0 Å². The number of furan rings is 1. The fraction of sp³-hybridized carbons (Fsp3) is 0.200. The van der Waals surface area contributed by atoms with E-state index in [0.29, 0.717) is 34.6 Å². The van der Waals surface area contributed by atoms with Gasteiger partial charge < -0.3 is 18.5 Å². The van der Waals surface area contributed by atoms with Crippen LogP contribution in [-0.4, -0.2) is 17.4 Å². The first-order chi connectivity index (χ1) is 15.1. The lowest BCUT2D eigenvalue weighted by molar-refractivity contribution is 0.0701. The zero-order valence-electron chi connectivity index (χ0n) is 17.3. The monoisotopic (exact) mass is 415 g/mol. The van der Waals surface area contributed by atoms with Crippen molar-refractivity contribution in [1.29, 1.82) is 0 Å². The largest absolute Gasteiger partial charge is 0.494 e. The number of rotatable bonds is 5. The first-order valence-corrected chi connectivity index (χ1v) is 10.2. The smallest absolute Gasteiger partial charge is 0.291 e.